The van der Waals surface area contributed by atoms with E-state index in [1.807, 2.05) is 13.8 Å². The lowest BCUT2D eigenvalue weighted by atomic mass is 9.43. The summed E-state index contributed by atoms with van der Waals surface area (Å²) in [7, 11) is 0. The topological polar surface area (TPSA) is 99.1 Å². The average molecular weight is 569 g/mol. The summed E-state index contributed by atoms with van der Waals surface area (Å²) >= 11 is 1.23. The molecule has 0 aromatic heterocycles. The van der Waals surface area contributed by atoms with Crippen LogP contribution in [-0.2, 0) is 28.6 Å². The highest BCUT2D eigenvalue weighted by atomic mass is 32.2. The quantitative estimate of drug-likeness (QED) is 0.480. The van der Waals surface area contributed by atoms with Gasteiger partial charge in [-0.25, -0.2) is 8.78 Å². The van der Waals surface area contributed by atoms with Crippen LogP contribution in [0.4, 0.5) is 8.78 Å². The number of carbonyl (C=O) groups excluding carboxylic acids is 3. The van der Waals surface area contributed by atoms with Crippen LogP contribution in [0.2, 0.25) is 0 Å². The summed E-state index contributed by atoms with van der Waals surface area (Å²) in [5.41, 5.74) is -5.75. The molecule has 3 saturated carbocycles. The van der Waals surface area contributed by atoms with Gasteiger partial charge in [0, 0.05) is 29.6 Å². The summed E-state index contributed by atoms with van der Waals surface area (Å²) in [4.78, 5) is 38.4. The minimum Gasteiger partial charge on any atom is -0.465 e. The molecule has 0 radical (unpaired) electrons. The van der Waals surface area contributed by atoms with Crippen molar-refractivity contribution in [1.82, 2.24) is 0 Å². The van der Waals surface area contributed by atoms with Crippen LogP contribution in [-0.4, -0.2) is 76.2 Å². The van der Waals surface area contributed by atoms with E-state index >= 15 is 8.78 Å². The van der Waals surface area contributed by atoms with Gasteiger partial charge in [0.2, 0.25) is 0 Å². The Morgan fingerprint density at radius 1 is 1.23 bits per heavy atom. The fraction of sp³-hybridized carbons (Fsp3) is 0.828. The number of carbonyl (C=O) groups is 3. The molecule has 10 heteroatoms. The van der Waals surface area contributed by atoms with E-state index in [0.29, 0.717) is 25.9 Å². The molecular weight excluding hydrogens is 530 g/mol. The molecule has 7 nitrogen and oxygen atoms in total. The summed E-state index contributed by atoms with van der Waals surface area (Å²) in [6.07, 6.45) is -0.736. The third-order valence-corrected chi connectivity index (χ3v) is 12.3. The largest absolute Gasteiger partial charge is 0.465 e. The molecule has 1 N–H and O–H groups in total. The van der Waals surface area contributed by atoms with Gasteiger partial charge >= 0.3 is 5.97 Å². The number of alkyl halides is 2. The Balaban J connectivity index is 1.38. The van der Waals surface area contributed by atoms with Crippen LogP contribution in [0.25, 0.3) is 0 Å². The summed E-state index contributed by atoms with van der Waals surface area (Å²) in [6, 6.07) is 0. The molecule has 0 amide bonds. The molecule has 216 valence electrons. The van der Waals surface area contributed by atoms with Crippen molar-refractivity contribution in [2.75, 3.05) is 12.4 Å². The van der Waals surface area contributed by atoms with Gasteiger partial charge in [0.25, 0.3) is 0 Å². The van der Waals surface area contributed by atoms with Gasteiger partial charge in [0.1, 0.15) is 17.1 Å². The van der Waals surface area contributed by atoms with E-state index < -0.39 is 63.9 Å². The van der Waals surface area contributed by atoms with Crippen molar-refractivity contribution in [2.45, 2.75) is 113 Å². The van der Waals surface area contributed by atoms with Gasteiger partial charge in [0.05, 0.1) is 24.6 Å². The first-order chi connectivity index (χ1) is 18.4. The first kappa shape index (κ1) is 27.8. The lowest BCUT2D eigenvalue weighted by Crippen LogP contribution is -2.71. The summed E-state index contributed by atoms with van der Waals surface area (Å²) < 4.78 is 51.2. The normalized spacial score (nSPS) is 50.5. The molecule has 11 atom stereocenters. The van der Waals surface area contributed by atoms with E-state index in [-0.39, 0.29) is 54.5 Å². The summed E-state index contributed by atoms with van der Waals surface area (Å²) in [5, 5.41) is 11.2. The first-order valence-corrected chi connectivity index (χ1v) is 15.4. The summed E-state index contributed by atoms with van der Waals surface area (Å²) in [6.45, 7) is 5.84. The number of rotatable bonds is 6. The number of ether oxygens (including phenoxy) is 3. The number of esters is 1. The van der Waals surface area contributed by atoms with Gasteiger partial charge in [-0.15, -0.1) is 11.8 Å². The molecule has 2 heterocycles. The zero-order valence-corrected chi connectivity index (χ0v) is 23.6. The number of halogens is 2. The molecule has 2 saturated heterocycles. The molecule has 0 spiro atoms. The standard InChI is InChI=1S/C29H38F2O7S/c1-4-5-24-37-23-12-16-17-11-19(30)18-10-15(32)6-8-26(18,2)28(17,31)21(33)13-27(16,3)29(23,38-24)22(34)14-39-20-7-9-36-25(20)35/h10,16-17,19-21,23-24,33H,4-9,11-14H2,1-3H3/t16-,17-,19-,20+,21-,23+,24?,26-,27-,28-,29+/m0/s1. The van der Waals surface area contributed by atoms with E-state index in [9.17, 15) is 19.5 Å². The van der Waals surface area contributed by atoms with Crippen LogP contribution >= 0.6 is 11.8 Å². The van der Waals surface area contributed by atoms with E-state index in [1.165, 1.54) is 17.8 Å². The number of hydrogen-bond donors (Lipinski definition) is 1. The third kappa shape index (κ3) is 3.59. The van der Waals surface area contributed by atoms with Crippen LogP contribution in [0, 0.1) is 22.7 Å². The highest BCUT2D eigenvalue weighted by Gasteiger charge is 2.80. The zero-order valence-electron chi connectivity index (χ0n) is 22.8. The van der Waals surface area contributed by atoms with Gasteiger partial charge in [-0.05, 0) is 49.7 Å². The van der Waals surface area contributed by atoms with Gasteiger partial charge in [-0.3, -0.25) is 14.4 Å². The number of thioether (sulfide) groups is 1. The van der Waals surface area contributed by atoms with Crippen molar-refractivity contribution in [3.05, 3.63) is 11.6 Å². The van der Waals surface area contributed by atoms with Crippen molar-refractivity contribution in [1.29, 1.82) is 0 Å². The molecule has 6 rings (SSSR count). The second kappa shape index (κ2) is 9.33. The van der Waals surface area contributed by atoms with Crippen LogP contribution in [0.1, 0.15) is 72.1 Å². The van der Waals surface area contributed by atoms with E-state index in [0.717, 1.165) is 6.42 Å². The Kier molecular flexibility index (Phi) is 6.65. The molecule has 5 fully saturated rings. The monoisotopic (exact) mass is 568 g/mol. The van der Waals surface area contributed by atoms with Gasteiger partial charge in [-0.1, -0.05) is 27.2 Å². The lowest BCUT2D eigenvalue weighted by molar-refractivity contribution is -0.241. The maximum absolute atomic E-state index is 17.5. The van der Waals surface area contributed by atoms with Gasteiger partial charge in [-0.2, -0.15) is 0 Å². The molecule has 2 aliphatic heterocycles. The Morgan fingerprint density at radius 2 is 2.00 bits per heavy atom. The molecule has 0 aromatic rings. The predicted molar refractivity (Wildman–Crippen MR) is 138 cm³/mol. The Labute approximate surface area is 231 Å². The van der Waals surface area contributed by atoms with Crippen molar-refractivity contribution >= 4 is 29.3 Å². The van der Waals surface area contributed by atoms with Crippen LogP contribution in [0.5, 0.6) is 0 Å². The van der Waals surface area contributed by atoms with Crippen molar-refractivity contribution in [3.8, 4) is 0 Å². The molecular formula is C29H38F2O7S. The van der Waals surface area contributed by atoms with Gasteiger partial charge in [0.15, 0.2) is 23.5 Å². The lowest BCUT2D eigenvalue weighted by Gasteiger charge is -2.64. The minimum atomic E-state index is -2.15. The van der Waals surface area contributed by atoms with Crippen LogP contribution in [0.3, 0.4) is 0 Å². The highest BCUT2D eigenvalue weighted by molar-refractivity contribution is 8.01. The number of hydrogen-bond acceptors (Lipinski definition) is 8. The number of fused-ring (bicyclic) bond motifs is 7. The SMILES string of the molecule is CCCC1O[C@@H]2C[C@H]3[C@@H]4C[C@H](F)C5=CC(=O)CC[C@]5(C)[C@@]4(F)[C@@H](O)C[C@]3(C)[C@]2(C(=O)CS[C@@H]2CCOC2=O)O1. The third-order valence-electron chi connectivity index (χ3n) is 11.1. The number of allylic oxidation sites excluding steroid dienone is 1. The fourth-order valence-electron chi connectivity index (χ4n) is 9.15. The molecule has 4 aliphatic carbocycles. The van der Waals surface area contributed by atoms with Crippen molar-refractivity contribution < 1.29 is 42.5 Å². The Morgan fingerprint density at radius 3 is 2.69 bits per heavy atom. The second-order valence-corrected chi connectivity index (χ2v) is 14.0. The number of aliphatic hydroxyl groups is 1. The van der Waals surface area contributed by atoms with Crippen LogP contribution in [0.15, 0.2) is 11.6 Å². The average Bonchev–Trinajstić information content (AvgIpc) is 3.53. The zero-order chi connectivity index (χ0) is 28.0. The van der Waals surface area contributed by atoms with E-state index in [4.69, 9.17) is 14.2 Å². The maximum Gasteiger partial charge on any atom is 0.319 e. The van der Waals surface area contributed by atoms with E-state index in [1.54, 1.807) is 6.92 Å². The number of Topliss-reactive ketones (excluding diaryl/α,β-unsaturated/α-hetero) is 1. The van der Waals surface area contributed by atoms with E-state index in [2.05, 4.69) is 0 Å². The molecule has 0 bridgehead atoms. The van der Waals surface area contributed by atoms with Crippen molar-refractivity contribution in [3.63, 3.8) is 0 Å². The molecule has 0 aromatic carbocycles. The first-order valence-electron chi connectivity index (χ1n) is 14.3. The number of ketones is 2. The minimum absolute atomic E-state index is 0.000754. The highest BCUT2D eigenvalue weighted by Crippen LogP contribution is 2.72. The summed E-state index contributed by atoms with van der Waals surface area (Å²) in [5.74, 6) is -2.13. The molecule has 39 heavy (non-hydrogen) atoms. The smallest absolute Gasteiger partial charge is 0.319 e. The number of aliphatic hydroxyl groups excluding tert-OH is 1. The van der Waals surface area contributed by atoms with Crippen LogP contribution < -0.4 is 0 Å². The molecule has 1 unspecified atom stereocenters. The van der Waals surface area contributed by atoms with Crippen molar-refractivity contribution in [2.24, 2.45) is 22.7 Å². The second-order valence-electron chi connectivity index (χ2n) is 12.8. The predicted octanol–water partition coefficient (Wildman–Crippen LogP) is 4.04. The molecule has 6 aliphatic rings. The Bertz CT molecular complexity index is 1120. The van der Waals surface area contributed by atoms with Gasteiger partial charge < -0.3 is 19.3 Å². The Hall–Kier alpha value is -1.36. The fourth-order valence-corrected chi connectivity index (χ4v) is 10.2. The number of cyclic esters (lactones) is 1. The maximum atomic E-state index is 17.5.